The van der Waals surface area contributed by atoms with Gasteiger partial charge >= 0.3 is 0 Å². The van der Waals surface area contributed by atoms with Gasteiger partial charge in [-0.1, -0.05) is 25.0 Å². The van der Waals surface area contributed by atoms with Crippen molar-refractivity contribution in [2.45, 2.75) is 50.0 Å². The summed E-state index contributed by atoms with van der Waals surface area (Å²) < 4.78 is 5.34. The van der Waals surface area contributed by atoms with Crippen LogP contribution in [0.1, 0.15) is 60.4 Å². The van der Waals surface area contributed by atoms with Gasteiger partial charge in [0.05, 0.1) is 12.1 Å². The minimum atomic E-state index is -0.169. The van der Waals surface area contributed by atoms with Gasteiger partial charge in [-0.05, 0) is 55.8 Å². The molecule has 23 heavy (non-hydrogen) atoms. The van der Waals surface area contributed by atoms with Gasteiger partial charge in [0.25, 0.3) is 5.91 Å². The zero-order chi connectivity index (χ0) is 16.1. The topological polar surface area (TPSA) is 50.4 Å². The Balaban J connectivity index is 1.65. The number of piperidine rings is 1. The van der Waals surface area contributed by atoms with Crippen LogP contribution in [0.15, 0.2) is 24.3 Å². The largest absolute Gasteiger partial charge is 0.382 e. The van der Waals surface area contributed by atoms with Crippen molar-refractivity contribution in [3.8, 4) is 0 Å². The van der Waals surface area contributed by atoms with Crippen LogP contribution >= 0.6 is 0 Å². The van der Waals surface area contributed by atoms with Crippen molar-refractivity contribution >= 4 is 5.91 Å². The van der Waals surface area contributed by atoms with Crippen molar-refractivity contribution in [3.63, 3.8) is 0 Å². The van der Waals surface area contributed by atoms with Crippen molar-refractivity contribution in [3.05, 3.63) is 35.4 Å². The van der Waals surface area contributed by atoms with E-state index in [0.717, 1.165) is 44.3 Å². The van der Waals surface area contributed by atoms with Crippen molar-refractivity contribution < 1.29 is 9.53 Å². The lowest BCUT2D eigenvalue weighted by molar-refractivity contribution is 0.0767. The molecule has 0 bridgehead atoms. The second-order valence-electron chi connectivity index (χ2n) is 7.04. The second kappa shape index (κ2) is 7.45. The van der Waals surface area contributed by atoms with Crippen LogP contribution in [0.4, 0.5) is 0 Å². The molecule has 0 spiro atoms. The van der Waals surface area contributed by atoms with Gasteiger partial charge in [-0.3, -0.25) is 4.79 Å². The summed E-state index contributed by atoms with van der Waals surface area (Å²) in [6, 6.07) is 8.16. The smallest absolute Gasteiger partial charge is 0.251 e. The van der Waals surface area contributed by atoms with Crippen LogP contribution in [0.25, 0.3) is 0 Å². The highest BCUT2D eigenvalue weighted by molar-refractivity contribution is 5.94. The van der Waals surface area contributed by atoms with E-state index in [9.17, 15) is 4.79 Å². The molecule has 1 saturated carbocycles. The average Bonchev–Trinajstić information content (AvgIpc) is 3.04. The fourth-order valence-electron chi connectivity index (χ4n) is 3.99. The van der Waals surface area contributed by atoms with Crippen LogP contribution in [0, 0.1) is 0 Å². The molecule has 2 fully saturated rings. The van der Waals surface area contributed by atoms with E-state index in [4.69, 9.17) is 4.74 Å². The van der Waals surface area contributed by atoms with Gasteiger partial charge in [-0.2, -0.15) is 0 Å². The molecule has 1 unspecified atom stereocenters. The summed E-state index contributed by atoms with van der Waals surface area (Å²) in [5, 5.41) is 6.68. The van der Waals surface area contributed by atoms with Crippen molar-refractivity contribution in [1.82, 2.24) is 10.6 Å². The molecule has 0 radical (unpaired) electrons. The number of hydrogen-bond acceptors (Lipinski definition) is 3. The molecule has 126 valence electrons. The van der Waals surface area contributed by atoms with Gasteiger partial charge in [0.1, 0.15) is 0 Å². The summed E-state index contributed by atoms with van der Waals surface area (Å²) in [5.74, 6) is 0.604. The highest BCUT2D eigenvalue weighted by atomic mass is 16.5. The molecule has 4 heteroatoms. The number of carbonyl (C=O) groups is 1. The van der Waals surface area contributed by atoms with Crippen molar-refractivity contribution in [1.29, 1.82) is 0 Å². The standard InChI is InChI=1S/C19H28N2O2/c1-23-14-19(10-2-3-11-19)21-18(22)16-8-6-15(7-9-16)17-5-4-12-20-13-17/h6-9,17,20H,2-5,10-14H2,1H3,(H,21,22). The normalized spacial score (nSPS) is 23.6. The van der Waals surface area contributed by atoms with Gasteiger partial charge in [0.15, 0.2) is 0 Å². The number of hydrogen-bond donors (Lipinski definition) is 2. The van der Waals surface area contributed by atoms with Gasteiger partial charge in [-0.25, -0.2) is 0 Å². The first-order valence-corrected chi connectivity index (χ1v) is 8.85. The molecule has 1 heterocycles. The summed E-state index contributed by atoms with van der Waals surface area (Å²) in [6.45, 7) is 2.77. The SMILES string of the molecule is COCC1(NC(=O)c2ccc(C3CCCNC3)cc2)CCCC1. The maximum Gasteiger partial charge on any atom is 0.251 e. The molecule has 1 amide bonds. The lowest BCUT2D eigenvalue weighted by Gasteiger charge is -2.29. The number of rotatable bonds is 5. The van der Waals surface area contributed by atoms with E-state index >= 15 is 0 Å². The zero-order valence-electron chi connectivity index (χ0n) is 14.1. The molecule has 1 aliphatic carbocycles. The van der Waals surface area contributed by atoms with Crippen LogP contribution in [-0.4, -0.2) is 38.3 Å². The molecular weight excluding hydrogens is 288 g/mol. The van der Waals surface area contributed by atoms with E-state index in [0.29, 0.717) is 12.5 Å². The fraction of sp³-hybridized carbons (Fsp3) is 0.632. The monoisotopic (exact) mass is 316 g/mol. The van der Waals surface area contributed by atoms with Gasteiger partial charge in [0, 0.05) is 19.2 Å². The maximum absolute atomic E-state index is 12.6. The van der Waals surface area contributed by atoms with E-state index in [2.05, 4.69) is 22.8 Å². The Morgan fingerprint density at radius 1 is 1.26 bits per heavy atom. The minimum absolute atomic E-state index is 0.0252. The van der Waals surface area contributed by atoms with E-state index in [1.54, 1.807) is 7.11 Å². The van der Waals surface area contributed by atoms with Crippen molar-refractivity contribution in [2.24, 2.45) is 0 Å². The van der Waals surface area contributed by atoms with Crippen LogP contribution in [-0.2, 0) is 4.74 Å². The van der Waals surface area contributed by atoms with Crippen LogP contribution in [0.5, 0.6) is 0 Å². The molecule has 1 aromatic carbocycles. The molecule has 0 aromatic heterocycles. The van der Waals surface area contributed by atoms with E-state index < -0.39 is 0 Å². The Hall–Kier alpha value is -1.39. The van der Waals surface area contributed by atoms with Crippen LogP contribution < -0.4 is 10.6 Å². The fourth-order valence-corrected chi connectivity index (χ4v) is 3.99. The number of ether oxygens (including phenoxy) is 1. The molecular formula is C19H28N2O2. The lowest BCUT2D eigenvalue weighted by atomic mass is 9.91. The summed E-state index contributed by atoms with van der Waals surface area (Å²) in [4.78, 5) is 12.6. The number of benzene rings is 1. The Labute approximate surface area is 139 Å². The highest BCUT2D eigenvalue weighted by Gasteiger charge is 2.35. The molecule has 1 saturated heterocycles. The summed E-state index contributed by atoms with van der Waals surface area (Å²) >= 11 is 0. The molecule has 1 aromatic rings. The first kappa shape index (κ1) is 16.5. The second-order valence-corrected chi connectivity index (χ2v) is 7.04. The predicted molar refractivity (Wildman–Crippen MR) is 91.8 cm³/mol. The Morgan fingerprint density at radius 2 is 2.00 bits per heavy atom. The van der Waals surface area contributed by atoms with Crippen LogP contribution in [0.2, 0.25) is 0 Å². The van der Waals surface area contributed by atoms with Gasteiger partial charge in [-0.15, -0.1) is 0 Å². The van der Waals surface area contributed by atoms with E-state index in [1.807, 2.05) is 12.1 Å². The Bertz CT molecular complexity index is 515. The van der Waals surface area contributed by atoms with Crippen molar-refractivity contribution in [2.75, 3.05) is 26.8 Å². The number of carbonyl (C=O) groups excluding carboxylic acids is 1. The number of methoxy groups -OCH3 is 1. The maximum atomic E-state index is 12.6. The number of amides is 1. The minimum Gasteiger partial charge on any atom is -0.382 e. The molecule has 2 aliphatic rings. The Kier molecular flexibility index (Phi) is 5.34. The average molecular weight is 316 g/mol. The first-order chi connectivity index (χ1) is 11.2. The van der Waals surface area contributed by atoms with Gasteiger partial charge < -0.3 is 15.4 Å². The summed E-state index contributed by atoms with van der Waals surface area (Å²) in [6.07, 6.45) is 6.81. The third kappa shape index (κ3) is 3.93. The predicted octanol–water partition coefficient (Wildman–Crippen LogP) is 2.84. The lowest BCUT2D eigenvalue weighted by Crippen LogP contribution is -2.49. The quantitative estimate of drug-likeness (QED) is 0.878. The third-order valence-electron chi connectivity index (χ3n) is 5.30. The number of nitrogens with one attached hydrogen (secondary N) is 2. The molecule has 1 atom stereocenters. The molecule has 1 aliphatic heterocycles. The first-order valence-electron chi connectivity index (χ1n) is 8.85. The summed E-state index contributed by atoms with van der Waals surface area (Å²) in [5.41, 5.74) is 1.92. The molecule has 2 N–H and O–H groups in total. The zero-order valence-corrected chi connectivity index (χ0v) is 14.1. The Morgan fingerprint density at radius 3 is 2.61 bits per heavy atom. The highest BCUT2D eigenvalue weighted by Crippen LogP contribution is 2.30. The summed E-state index contributed by atoms with van der Waals surface area (Å²) in [7, 11) is 1.71. The molecule has 4 nitrogen and oxygen atoms in total. The molecule has 3 rings (SSSR count). The van der Waals surface area contributed by atoms with Gasteiger partial charge in [0.2, 0.25) is 0 Å². The third-order valence-corrected chi connectivity index (χ3v) is 5.30. The van der Waals surface area contributed by atoms with E-state index in [-0.39, 0.29) is 11.4 Å². The van der Waals surface area contributed by atoms with Crippen LogP contribution in [0.3, 0.4) is 0 Å². The van der Waals surface area contributed by atoms with E-state index in [1.165, 1.54) is 18.4 Å².